The van der Waals surface area contributed by atoms with Crippen molar-refractivity contribution in [3.63, 3.8) is 0 Å². The first-order valence-electron chi connectivity index (χ1n) is 11.6. The molecule has 34 heavy (non-hydrogen) atoms. The Bertz CT molecular complexity index is 1410. The summed E-state index contributed by atoms with van der Waals surface area (Å²) >= 11 is 1.65. The Morgan fingerprint density at radius 2 is 1.65 bits per heavy atom. The Morgan fingerprint density at radius 1 is 0.853 bits per heavy atom. The fourth-order valence-electron chi connectivity index (χ4n) is 4.92. The van der Waals surface area contributed by atoms with Crippen LogP contribution >= 0.6 is 11.8 Å². The number of hydrogen-bond donors (Lipinski definition) is 1. The number of fused-ring (bicyclic) bond motifs is 2. The lowest BCUT2D eigenvalue weighted by Crippen LogP contribution is -2.27. The van der Waals surface area contributed by atoms with Gasteiger partial charge in [0.05, 0.1) is 5.75 Å². The van der Waals surface area contributed by atoms with E-state index in [4.69, 9.17) is 0 Å². The summed E-state index contributed by atoms with van der Waals surface area (Å²) in [5.74, 6) is 0.479. The summed E-state index contributed by atoms with van der Waals surface area (Å²) in [5, 5.41) is 5.09. The molecular weight excluding hydrogens is 440 g/mol. The maximum Gasteiger partial charge on any atom is 0.255 e. The molecule has 1 heterocycles. The predicted molar refractivity (Wildman–Crippen MR) is 139 cm³/mol. The van der Waals surface area contributed by atoms with E-state index in [1.54, 1.807) is 11.8 Å². The van der Waals surface area contributed by atoms with Crippen LogP contribution in [0.2, 0.25) is 0 Å². The fraction of sp³-hybridized carbons (Fsp3) is 0.172. The first-order chi connectivity index (χ1) is 16.7. The second kappa shape index (κ2) is 8.65. The van der Waals surface area contributed by atoms with Crippen LogP contribution in [0.1, 0.15) is 38.8 Å². The minimum Gasteiger partial charge on any atom is -0.322 e. The molecule has 4 nitrogen and oxygen atoms in total. The first kappa shape index (κ1) is 21.0. The molecule has 5 heteroatoms. The molecule has 0 radical (unpaired) electrons. The Hall–Kier alpha value is -3.57. The number of hydrogen-bond acceptors (Lipinski definition) is 3. The van der Waals surface area contributed by atoms with Crippen molar-refractivity contribution in [3.8, 4) is 0 Å². The van der Waals surface area contributed by atoms with Gasteiger partial charge in [0.15, 0.2) is 0 Å². The maximum absolute atomic E-state index is 12.8. The van der Waals surface area contributed by atoms with Crippen molar-refractivity contribution >= 4 is 45.7 Å². The van der Waals surface area contributed by atoms with E-state index in [2.05, 4.69) is 23.5 Å². The van der Waals surface area contributed by atoms with Gasteiger partial charge in [-0.3, -0.25) is 14.5 Å². The van der Waals surface area contributed by atoms with Crippen molar-refractivity contribution in [2.75, 3.05) is 16.0 Å². The number of carbonyl (C=O) groups excluding carboxylic acids is 2. The highest BCUT2D eigenvalue weighted by Crippen LogP contribution is 2.43. The van der Waals surface area contributed by atoms with Gasteiger partial charge in [0.25, 0.3) is 5.91 Å². The standard InChI is InChI=1S/C29H24N2O2S/c32-27-18-34-29(31(27)26-15-12-20-6-3-7-23(20)17-26)21-10-13-25(14-11-21)30-28(33)24-9-8-19-4-1-2-5-22(19)16-24/h1-2,4-5,8-17,29H,3,6-7,18H2,(H,30,33)/t29-/m0/s1. The van der Waals surface area contributed by atoms with Gasteiger partial charge in [-0.25, -0.2) is 0 Å². The largest absolute Gasteiger partial charge is 0.322 e. The molecule has 0 unspecified atom stereocenters. The Kier molecular flexibility index (Phi) is 5.34. The van der Waals surface area contributed by atoms with Crippen LogP contribution in [0, 0.1) is 0 Å². The molecular formula is C29H24N2O2S. The zero-order chi connectivity index (χ0) is 23.1. The molecule has 168 valence electrons. The molecule has 2 amide bonds. The molecule has 1 atom stereocenters. The van der Waals surface area contributed by atoms with Gasteiger partial charge in [-0.15, -0.1) is 11.8 Å². The average molecular weight is 465 g/mol. The lowest BCUT2D eigenvalue weighted by atomic mass is 10.1. The third kappa shape index (κ3) is 3.86. The number of aryl methyl sites for hydroxylation is 2. The van der Waals surface area contributed by atoms with E-state index in [0.29, 0.717) is 11.3 Å². The molecule has 4 aromatic carbocycles. The summed E-state index contributed by atoms with van der Waals surface area (Å²) in [6.07, 6.45) is 3.42. The summed E-state index contributed by atoms with van der Waals surface area (Å²) in [5.41, 5.74) is 6.18. The summed E-state index contributed by atoms with van der Waals surface area (Å²) < 4.78 is 0. The van der Waals surface area contributed by atoms with Gasteiger partial charge < -0.3 is 5.32 Å². The van der Waals surface area contributed by atoms with E-state index in [0.717, 1.165) is 40.6 Å². The predicted octanol–water partition coefficient (Wildman–Crippen LogP) is 6.36. The third-order valence-electron chi connectivity index (χ3n) is 6.69. The zero-order valence-corrected chi connectivity index (χ0v) is 19.5. The van der Waals surface area contributed by atoms with Crippen LogP contribution in [0.5, 0.6) is 0 Å². The van der Waals surface area contributed by atoms with Crippen molar-refractivity contribution < 1.29 is 9.59 Å². The molecule has 0 spiro atoms. The van der Waals surface area contributed by atoms with Crippen LogP contribution in [0.25, 0.3) is 10.8 Å². The van der Waals surface area contributed by atoms with Crippen LogP contribution in [-0.2, 0) is 17.6 Å². The normalized spacial score (nSPS) is 17.2. The van der Waals surface area contributed by atoms with Crippen LogP contribution in [0.15, 0.2) is 84.9 Å². The summed E-state index contributed by atoms with van der Waals surface area (Å²) in [4.78, 5) is 27.5. The second-order valence-corrected chi connectivity index (χ2v) is 9.94. The molecule has 2 aliphatic rings. The number of carbonyl (C=O) groups is 2. The van der Waals surface area contributed by atoms with Gasteiger partial charge >= 0.3 is 0 Å². The van der Waals surface area contributed by atoms with Gasteiger partial charge in [0.1, 0.15) is 5.37 Å². The SMILES string of the molecule is O=C(Nc1ccc([C@@H]2SCC(=O)N2c2ccc3c(c2)CCC3)cc1)c1ccc2ccccc2c1. The second-order valence-electron chi connectivity index (χ2n) is 8.87. The Morgan fingerprint density at radius 3 is 2.50 bits per heavy atom. The van der Waals surface area contributed by atoms with E-state index in [9.17, 15) is 9.59 Å². The third-order valence-corrected chi connectivity index (χ3v) is 7.91. The van der Waals surface area contributed by atoms with E-state index < -0.39 is 0 Å². The highest BCUT2D eigenvalue weighted by atomic mass is 32.2. The molecule has 1 fully saturated rings. The van der Waals surface area contributed by atoms with E-state index >= 15 is 0 Å². The molecule has 1 saturated heterocycles. The number of benzene rings is 4. The maximum atomic E-state index is 12.8. The van der Waals surface area contributed by atoms with Crippen molar-refractivity contribution in [3.05, 3.63) is 107 Å². The highest BCUT2D eigenvalue weighted by Gasteiger charge is 2.34. The van der Waals surface area contributed by atoms with E-state index in [1.165, 1.54) is 17.5 Å². The van der Waals surface area contributed by atoms with Gasteiger partial charge in [-0.2, -0.15) is 0 Å². The Balaban J connectivity index is 1.20. The highest BCUT2D eigenvalue weighted by molar-refractivity contribution is 8.00. The number of nitrogens with zero attached hydrogens (tertiary/aromatic N) is 1. The molecule has 1 aliphatic heterocycles. The molecule has 4 aromatic rings. The van der Waals surface area contributed by atoms with E-state index in [-0.39, 0.29) is 17.2 Å². The van der Waals surface area contributed by atoms with Gasteiger partial charge in [-0.05, 0) is 83.1 Å². The molecule has 1 N–H and O–H groups in total. The van der Waals surface area contributed by atoms with Crippen LogP contribution in [-0.4, -0.2) is 17.6 Å². The van der Waals surface area contributed by atoms with Crippen molar-refractivity contribution in [2.24, 2.45) is 0 Å². The van der Waals surface area contributed by atoms with Crippen LogP contribution in [0.3, 0.4) is 0 Å². The first-order valence-corrected chi connectivity index (χ1v) is 12.7. The lowest BCUT2D eigenvalue weighted by molar-refractivity contribution is -0.115. The number of nitrogens with one attached hydrogen (secondary N) is 1. The van der Waals surface area contributed by atoms with Gasteiger partial charge in [0.2, 0.25) is 5.91 Å². The van der Waals surface area contributed by atoms with Crippen LogP contribution < -0.4 is 10.2 Å². The molecule has 6 rings (SSSR count). The minimum absolute atomic E-state index is 0.0582. The molecule has 1 aliphatic carbocycles. The topological polar surface area (TPSA) is 49.4 Å². The van der Waals surface area contributed by atoms with Crippen molar-refractivity contribution in [1.82, 2.24) is 0 Å². The number of thioether (sulfide) groups is 1. The summed E-state index contributed by atoms with van der Waals surface area (Å²) in [6, 6.07) is 28.0. The van der Waals surface area contributed by atoms with Crippen molar-refractivity contribution in [1.29, 1.82) is 0 Å². The van der Waals surface area contributed by atoms with Gasteiger partial charge in [0, 0.05) is 16.9 Å². The van der Waals surface area contributed by atoms with Crippen molar-refractivity contribution in [2.45, 2.75) is 24.6 Å². The molecule has 0 saturated carbocycles. The summed E-state index contributed by atoms with van der Waals surface area (Å²) in [7, 11) is 0. The number of amides is 2. The number of anilines is 2. The smallest absolute Gasteiger partial charge is 0.255 e. The zero-order valence-electron chi connectivity index (χ0n) is 18.7. The van der Waals surface area contributed by atoms with Gasteiger partial charge in [-0.1, -0.05) is 48.5 Å². The Labute approximate surface area is 203 Å². The number of rotatable bonds is 4. The van der Waals surface area contributed by atoms with Crippen LogP contribution in [0.4, 0.5) is 11.4 Å². The minimum atomic E-state index is -0.135. The molecule has 0 aromatic heterocycles. The fourth-order valence-corrected chi connectivity index (χ4v) is 6.10. The van der Waals surface area contributed by atoms with E-state index in [1.807, 2.05) is 71.6 Å². The molecule has 0 bridgehead atoms. The average Bonchev–Trinajstić information content (AvgIpc) is 3.50. The lowest BCUT2D eigenvalue weighted by Gasteiger charge is -2.25. The quantitative estimate of drug-likeness (QED) is 0.382. The monoisotopic (exact) mass is 464 g/mol. The summed E-state index contributed by atoms with van der Waals surface area (Å²) in [6.45, 7) is 0.